The van der Waals surface area contributed by atoms with Crippen LogP contribution in [0, 0.1) is 0 Å². The van der Waals surface area contributed by atoms with Crippen molar-refractivity contribution in [2.24, 2.45) is 0 Å². The van der Waals surface area contributed by atoms with Crippen molar-refractivity contribution in [1.82, 2.24) is 4.98 Å². The maximum Gasteiger partial charge on any atom is 0.213 e. The van der Waals surface area contributed by atoms with Gasteiger partial charge < -0.3 is 14.8 Å². The van der Waals surface area contributed by atoms with Gasteiger partial charge in [-0.1, -0.05) is 6.07 Å². The Morgan fingerprint density at radius 2 is 2.05 bits per heavy atom. The standard InChI is InChI=1S/C16H18N2O2/c1-19-13-6-3-11-4-7-15(14(11)9-13)18-12-5-8-16(20-2)17-10-12/h3,5-6,8-10,15,18H,4,7H2,1-2H3. The van der Waals surface area contributed by atoms with Gasteiger partial charge in [-0.05, 0) is 42.2 Å². The van der Waals surface area contributed by atoms with Crippen molar-refractivity contribution in [2.75, 3.05) is 19.5 Å². The van der Waals surface area contributed by atoms with Gasteiger partial charge in [0.15, 0.2) is 0 Å². The van der Waals surface area contributed by atoms with E-state index in [-0.39, 0.29) is 0 Å². The molecule has 20 heavy (non-hydrogen) atoms. The molecule has 2 aromatic rings. The van der Waals surface area contributed by atoms with Gasteiger partial charge in [0.2, 0.25) is 5.88 Å². The number of benzene rings is 1. The van der Waals surface area contributed by atoms with Gasteiger partial charge in [0.1, 0.15) is 5.75 Å². The lowest BCUT2D eigenvalue weighted by atomic mass is 10.1. The van der Waals surface area contributed by atoms with Gasteiger partial charge in [-0.3, -0.25) is 0 Å². The number of aromatic nitrogens is 1. The molecule has 3 rings (SSSR count). The first-order valence-electron chi connectivity index (χ1n) is 6.73. The number of pyridine rings is 1. The monoisotopic (exact) mass is 270 g/mol. The van der Waals surface area contributed by atoms with Crippen LogP contribution in [0.2, 0.25) is 0 Å². The molecule has 4 heteroatoms. The molecule has 104 valence electrons. The SMILES string of the molecule is COc1ccc2c(c1)C(Nc1ccc(OC)nc1)CC2. The largest absolute Gasteiger partial charge is 0.497 e. The van der Waals surface area contributed by atoms with Crippen LogP contribution in [0.4, 0.5) is 5.69 Å². The fraction of sp³-hybridized carbons (Fsp3) is 0.312. The van der Waals surface area contributed by atoms with Gasteiger partial charge in [0, 0.05) is 6.07 Å². The van der Waals surface area contributed by atoms with E-state index in [0.717, 1.165) is 24.3 Å². The Bertz CT molecular complexity index is 596. The number of methoxy groups -OCH3 is 2. The molecule has 0 saturated heterocycles. The fourth-order valence-electron chi connectivity index (χ4n) is 2.64. The van der Waals surface area contributed by atoms with E-state index in [0.29, 0.717) is 11.9 Å². The molecule has 0 amide bonds. The van der Waals surface area contributed by atoms with Crippen LogP contribution in [0.15, 0.2) is 36.5 Å². The summed E-state index contributed by atoms with van der Waals surface area (Å²) in [6, 6.07) is 10.5. The molecule has 1 N–H and O–H groups in total. The fourth-order valence-corrected chi connectivity index (χ4v) is 2.64. The second kappa shape index (κ2) is 5.41. The maximum absolute atomic E-state index is 5.31. The molecular formula is C16H18N2O2. The van der Waals surface area contributed by atoms with Crippen molar-refractivity contribution in [1.29, 1.82) is 0 Å². The van der Waals surface area contributed by atoms with Crippen molar-refractivity contribution in [3.05, 3.63) is 47.7 Å². The first-order chi connectivity index (χ1) is 9.80. The van der Waals surface area contributed by atoms with Crippen molar-refractivity contribution in [2.45, 2.75) is 18.9 Å². The molecule has 4 nitrogen and oxygen atoms in total. The van der Waals surface area contributed by atoms with E-state index in [2.05, 4.69) is 22.4 Å². The zero-order chi connectivity index (χ0) is 13.9. The van der Waals surface area contributed by atoms with E-state index in [4.69, 9.17) is 9.47 Å². The molecule has 1 aliphatic carbocycles. The Balaban J connectivity index is 1.79. The maximum atomic E-state index is 5.31. The highest BCUT2D eigenvalue weighted by Gasteiger charge is 2.22. The van der Waals surface area contributed by atoms with Crippen molar-refractivity contribution in [3.63, 3.8) is 0 Å². The van der Waals surface area contributed by atoms with Crippen molar-refractivity contribution in [3.8, 4) is 11.6 Å². The summed E-state index contributed by atoms with van der Waals surface area (Å²) in [7, 11) is 3.32. The third-order valence-corrected chi connectivity index (χ3v) is 3.72. The third kappa shape index (κ3) is 2.41. The highest BCUT2D eigenvalue weighted by molar-refractivity contribution is 5.49. The number of hydrogen-bond donors (Lipinski definition) is 1. The number of rotatable bonds is 4. The number of fused-ring (bicyclic) bond motifs is 1. The Morgan fingerprint density at radius 3 is 2.75 bits per heavy atom. The van der Waals surface area contributed by atoms with Crippen molar-refractivity contribution < 1.29 is 9.47 Å². The van der Waals surface area contributed by atoms with Gasteiger partial charge in [0.05, 0.1) is 32.1 Å². The van der Waals surface area contributed by atoms with E-state index in [1.54, 1.807) is 20.4 Å². The smallest absolute Gasteiger partial charge is 0.213 e. The minimum atomic E-state index is 0.315. The molecule has 0 radical (unpaired) electrons. The number of hydrogen-bond acceptors (Lipinski definition) is 4. The number of nitrogens with zero attached hydrogens (tertiary/aromatic N) is 1. The lowest BCUT2D eigenvalue weighted by molar-refractivity contribution is 0.398. The molecule has 1 aliphatic rings. The lowest BCUT2D eigenvalue weighted by Crippen LogP contribution is -2.07. The molecule has 1 heterocycles. The van der Waals surface area contributed by atoms with Gasteiger partial charge in [0.25, 0.3) is 0 Å². The summed E-state index contributed by atoms with van der Waals surface area (Å²) in [6.45, 7) is 0. The molecule has 1 unspecified atom stereocenters. The summed E-state index contributed by atoms with van der Waals surface area (Å²) < 4.78 is 10.4. The molecule has 0 spiro atoms. The zero-order valence-corrected chi connectivity index (χ0v) is 11.7. The molecule has 1 atom stereocenters. The molecule has 0 aliphatic heterocycles. The van der Waals surface area contributed by atoms with Gasteiger partial charge in [-0.25, -0.2) is 4.98 Å². The van der Waals surface area contributed by atoms with Crippen LogP contribution in [0.5, 0.6) is 11.6 Å². The molecule has 1 aromatic carbocycles. The average Bonchev–Trinajstić information content (AvgIpc) is 2.90. The van der Waals surface area contributed by atoms with E-state index < -0.39 is 0 Å². The Morgan fingerprint density at radius 1 is 1.15 bits per heavy atom. The highest BCUT2D eigenvalue weighted by atomic mass is 16.5. The summed E-state index contributed by atoms with van der Waals surface area (Å²) in [4.78, 5) is 4.22. The molecule has 0 saturated carbocycles. The van der Waals surface area contributed by atoms with Crippen LogP contribution in [0.25, 0.3) is 0 Å². The minimum absolute atomic E-state index is 0.315. The summed E-state index contributed by atoms with van der Waals surface area (Å²) in [5.74, 6) is 1.54. The third-order valence-electron chi connectivity index (χ3n) is 3.72. The predicted octanol–water partition coefficient (Wildman–Crippen LogP) is 3.20. The highest BCUT2D eigenvalue weighted by Crippen LogP contribution is 2.36. The molecule has 1 aromatic heterocycles. The Kier molecular flexibility index (Phi) is 3.46. The summed E-state index contributed by atoms with van der Waals surface area (Å²) in [5, 5.41) is 3.53. The second-order valence-corrected chi connectivity index (χ2v) is 4.89. The Labute approximate surface area is 118 Å². The van der Waals surface area contributed by atoms with Gasteiger partial charge in [-0.15, -0.1) is 0 Å². The molecule has 0 fully saturated rings. The summed E-state index contributed by atoms with van der Waals surface area (Å²) in [5.41, 5.74) is 3.72. The van der Waals surface area contributed by atoms with Crippen LogP contribution in [0.3, 0.4) is 0 Å². The summed E-state index contributed by atoms with van der Waals surface area (Å²) in [6.07, 6.45) is 3.99. The van der Waals surface area contributed by atoms with Crippen LogP contribution >= 0.6 is 0 Å². The first-order valence-corrected chi connectivity index (χ1v) is 6.73. The number of anilines is 1. The van der Waals surface area contributed by atoms with Crippen LogP contribution in [0.1, 0.15) is 23.6 Å². The molecular weight excluding hydrogens is 252 g/mol. The van der Waals surface area contributed by atoms with Gasteiger partial charge in [-0.2, -0.15) is 0 Å². The number of nitrogens with one attached hydrogen (secondary N) is 1. The number of ether oxygens (including phenoxy) is 2. The normalized spacial score (nSPS) is 16.6. The van der Waals surface area contributed by atoms with Crippen LogP contribution in [-0.2, 0) is 6.42 Å². The van der Waals surface area contributed by atoms with E-state index in [9.17, 15) is 0 Å². The quantitative estimate of drug-likeness (QED) is 0.926. The van der Waals surface area contributed by atoms with Crippen molar-refractivity contribution >= 4 is 5.69 Å². The topological polar surface area (TPSA) is 43.4 Å². The zero-order valence-electron chi connectivity index (χ0n) is 11.7. The predicted molar refractivity (Wildman–Crippen MR) is 78.5 cm³/mol. The van der Waals surface area contributed by atoms with Gasteiger partial charge >= 0.3 is 0 Å². The first kappa shape index (κ1) is 12.8. The molecule has 0 bridgehead atoms. The summed E-state index contributed by atoms with van der Waals surface area (Å²) >= 11 is 0. The van der Waals surface area contributed by atoms with E-state index >= 15 is 0 Å². The minimum Gasteiger partial charge on any atom is -0.497 e. The second-order valence-electron chi connectivity index (χ2n) is 4.89. The van der Waals surface area contributed by atoms with E-state index in [1.807, 2.05) is 18.2 Å². The number of aryl methyl sites for hydroxylation is 1. The average molecular weight is 270 g/mol. The van der Waals surface area contributed by atoms with Crippen LogP contribution in [-0.4, -0.2) is 19.2 Å². The Hall–Kier alpha value is -2.23. The lowest BCUT2D eigenvalue weighted by Gasteiger charge is -2.16. The van der Waals surface area contributed by atoms with E-state index in [1.165, 1.54) is 11.1 Å². The van der Waals surface area contributed by atoms with Crippen LogP contribution < -0.4 is 14.8 Å².